The number of aromatic nitrogens is 2. The molecule has 0 bridgehead atoms. The van der Waals surface area contributed by atoms with Crippen molar-refractivity contribution in [3.05, 3.63) is 30.0 Å². The van der Waals surface area contributed by atoms with Crippen LogP contribution in [0.5, 0.6) is 11.5 Å². The summed E-state index contributed by atoms with van der Waals surface area (Å²) in [7, 11) is 3.41. The van der Waals surface area contributed by atoms with E-state index in [1.807, 2.05) is 38.2 Å². The normalized spacial score (nSPS) is 14.6. The summed E-state index contributed by atoms with van der Waals surface area (Å²) in [5.74, 6) is 2.37. The summed E-state index contributed by atoms with van der Waals surface area (Å²) in [6.07, 6.45) is 1.80. The van der Waals surface area contributed by atoms with Gasteiger partial charge >= 0.3 is 0 Å². The smallest absolute Gasteiger partial charge is 0.229 e. The van der Waals surface area contributed by atoms with E-state index in [4.69, 9.17) is 9.47 Å². The van der Waals surface area contributed by atoms with Gasteiger partial charge in [0.15, 0.2) is 11.5 Å². The van der Waals surface area contributed by atoms with Crippen LogP contribution in [0, 0.1) is 6.92 Å². The highest BCUT2D eigenvalue weighted by Gasteiger charge is 2.13. The van der Waals surface area contributed by atoms with Crippen molar-refractivity contribution in [1.82, 2.24) is 20.2 Å². The lowest BCUT2D eigenvalue weighted by atomic mass is 10.2. The van der Waals surface area contributed by atoms with E-state index < -0.39 is 6.10 Å². The maximum absolute atomic E-state index is 10.3. The van der Waals surface area contributed by atoms with Gasteiger partial charge in [0, 0.05) is 37.1 Å². The maximum Gasteiger partial charge on any atom is 0.229 e. The van der Waals surface area contributed by atoms with Crippen LogP contribution in [0.4, 0.5) is 17.5 Å². The third-order valence-electron chi connectivity index (χ3n) is 5.12. The number of hydrogen-bond donors (Lipinski definition) is 4. The molecule has 1 fully saturated rings. The van der Waals surface area contributed by atoms with Crippen molar-refractivity contribution in [2.75, 3.05) is 64.1 Å². The number of methoxy groups -OCH3 is 1. The van der Waals surface area contributed by atoms with Crippen molar-refractivity contribution in [3.8, 4) is 11.5 Å². The second-order valence-electron chi connectivity index (χ2n) is 7.68. The van der Waals surface area contributed by atoms with Crippen LogP contribution in [0.3, 0.4) is 0 Å². The lowest BCUT2D eigenvalue weighted by molar-refractivity contribution is 0.104. The fourth-order valence-electron chi connectivity index (χ4n) is 3.30. The third kappa shape index (κ3) is 7.23. The van der Waals surface area contributed by atoms with E-state index in [1.165, 1.54) is 19.5 Å². The Morgan fingerprint density at radius 2 is 2.03 bits per heavy atom. The number of hydrogen-bond acceptors (Lipinski definition) is 9. The molecule has 0 saturated carbocycles. The first-order valence-corrected chi connectivity index (χ1v) is 10.8. The number of nitrogens with zero attached hydrogens (tertiary/aromatic N) is 3. The zero-order valence-corrected chi connectivity index (χ0v) is 18.6. The number of nitrogens with one attached hydrogen (secondary N) is 3. The SMILES string of the molecule is CNc1cc(C)nc(Nc2ccc(OC)c(OCC(O)CNCCCN3CCC3)c2)n1. The van der Waals surface area contributed by atoms with Crippen LogP contribution in [0.2, 0.25) is 0 Å². The van der Waals surface area contributed by atoms with Gasteiger partial charge in [0.25, 0.3) is 0 Å². The molecule has 9 nitrogen and oxygen atoms in total. The average Bonchev–Trinajstić information content (AvgIpc) is 2.73. The lowest BCUT2D eigenvalue weighted by Crippen LogP contribution is -2.39. The second-order valence-corrected chi connectivity index (χ2v) is 7.68. The first-order chi connectivity index (χ1) is 15.1. The number of aliphatic hydroxyl groups excluding tert-OH is 1. The highest BCUT2D eigenvalue weighted by atomic mass is 16.5. The van der Waals surface area contributed by atoms with Crippen LogP contribution in [0.1, 0.15) is 18.5 Å². The van der Waals surface area contributed by atoms with Crippen molar-refractivity contribution < 1.29 is 14.6 Å². The minimum atomic E-state index is -0.608. The highest BCUT2D eigenvalue weighted by molar-refractivity contribution is 5.60. The number of rotatable bonds is 13. The van der Waals surface area contributed by atoms with Crippen molar-refractivity contribution in [2.24, 2.45) is 0 Å². The zero-order chi connectivity index (χ0) is 22.1. The fourth-order valence-corrected chi connectivity index (χ4v) is 3.30. The van der Waals surface area contributed by atoms with Gasteiger partial charge in [-0.3, -0.25) is 0 Å². The van der Waals surface area contributed by atoms with Gasteiger partial charge in [-0.05, 0) is 58.1 Å². The summed E-state index contributed by atoms with van der Waals surface area (Å²) in [5, 5.41) is 19.8. The molecule has 2 aromatic rings. The molecular weight excluding hydrogens is 396 g/mol. The standard InChI is InChI=1S/C22H34N6O3/c1-16-12-21(23-2)27-22(25-16)26-17-6-7-19(30-3)20(13-17)31-15-18(29)14-24-8-4-9-28-10-5-11-28/h6-7,12-13,18,24,29H,4-5,8-11,14-15H2,1-3H3,(H2,23,25,26,27). The first-order valence-electron chi connectivity index (χ1n) is 10.8. The number of benzene rings is 1. The lowest BCUT2D eigenvalue weighted by Gasteiger charge is -2.30. The fraction of sp³-hybridized carbons (Fsp3) is 0.545. The zero-order valence-electron chi connectivity index (χ0n) is 18.6. The largest absolute Gasteiger partial charge is 0.493 e. The van der Waals surface area contributed by atoms with Crippen molar-refractivity contribution in [2.45, 2.75) is 25.9 Å². The topological polar surface area (TPSA) is 104 Å². The van der Waals surface area contributed by atoms with Gasteiger partial charge in [-0.2, -0.15) is 4.98 Å². The Balaban J connectivity index is 1.49. The number of ether oxygens (including phenoxy) is 2. The van der Waals surface area contributed by atoms with E-state index in [1.54, 1.807) is 7.11 Å². The average molecular weight is 431 g/mol. The third-order valence-corrected chi connectivity index (χ3v) is 5.12. The van der Waals surface area contributed by atoms with Crippen LogP contribution < -0.4 is 25.4 Å². The molecule has 4 N–H and O–H groups in total. The van der Waals surface area contributed by atoms with Gasteiger partial charge in [-0.1, -0.05) is 0 Å². The molecule has 1 saturated heterocycles. The van der Waals surface area contributed by atoms with Crippen LogP contribution in [-0.2, 0) is 0 Å². The Hall–Kier alpha value is -2.62. The summed E-state index contributed by atoms with van der Waals surface area (Å²) in [4.78, 5) is 11.3. The summed E-state index contributed by atoms with van der Waals surface area (Å²) in [5.41, 5.74) is 1.62. The van der Waals surface area contributed by atoms with Crippen LogP contribution in [0.15, 0.2) is 24.3 Å². The van der Waals surface area contributed by atoms with Crippen molar-refractivity contribution >= 4 is 17.5 Å². The minimum absolute atomic E-state index is 0.170. The van der Waals surface area contributed by atoms with Crippen molar-refractivity contribution in [3.63, 3.8) is 0 Å². The van der Waals surface area contributed by atoms with Gasteiger partial charge in [0.05, 0.1) is 7.11 Å². The van der Waals surface area contributed by atoms with Gasteiger partial charge < -0.3 is 35.4 Å². The molecule has 0 radical (unpaired) electrons. The van der Waals surface area contributed by atoms with E-state index in [9.17, 15) is 5.11 Å². The Kier molecular flexibility index (Phi) is 8.69. The van der Waals surface area contributed by atoms with Gasteiger partial charge in [-0.15, -0.1) is 0 Å². The maximum atomic E-state index is 10.3. The Morgan fingerprint density at radius 3 is 2.74 bits per heavy atom. The summed E-state index contributed by atoms with van der Waals surface area (Å²) in [6.45, 7) is 7.03. The molecule has 1 aliphatic heterocycles. The van der Waals surface area contributed by atoms with Crippen LogP contribution in [-0.4, -0.2) is 79.6 Å². The first kappa shape index (κ1) is 23.1. The van der Waals surface area contributed by atoms with E-state index in [0.29, 0.717) is 24.0 Å². The van der Waals surface area contributed by atoms with E-state index >= 15 is 0 Å². The summed E-state index contributed by atoms with van der Waals surface area (Å²) < 4.78 is 11.2. The quantitative estimate of drug-likeness (QED) is 0.355. The number of aliphatic hydroxyl groups is 1. The second kappa shape index (κ2) is 11.7. The van der Waals surface area contributed by atoms with Crippen LogP contribution in [0.25, 0.3) is 0 Å². The Bertz CT molecular complexity index is 831. The molecule has 1 aliphatic rings. The molecule has 0 spiro atoms. The predicted molar refractivity (Wildman–Crippen MR) is 123 cm³/mol. The molecule has 1 aromatic heterocycles. The number of aryl methyl sites for hydroxylation is 1. The van der Waals surface area contributed by atoms with E-state index in [-0.39, 0.29) is 6.61 Å². The van der Waals surface area contributed by atoms with Crippen LogP contribution >= 0.6 is 0 Å². The molecule has 1 unspecified atom stereocenters. The van der Waals surface area contributed by atoms with Crippen molar-refractivity contribution in [1.29, 1.82) is 0 Å². The summed E-state index contributed by atoms with van der Waals surface area (Å²) >= 11 is 0. The van der Waals surface area contributed by atoms with E-state index in [0.717, 1.165) is 36.7 Å². The molecule has 9 heteroatoms. The van der Waals surface area contributed by atoms with Gasteiger partial charge in [-0.25, -0.2) is 4.98 Å². The predicted octanol–water partition coefficient (Wildman–Crippen LogP) is 2.00. The number of anilines is 3. The molecule has 3 rings (SSSR count). The molecule has 1 atom stereocenters. The Morgan fingerprint density at radius 1 is 1.19 bits per heavy atom. The monoisotopic (exact) mass is 430 g/mol. The van der Waals surface area contributed by atoms with E-state index in [2.05, 4.69) is 30.8 Å². The molecule has 1 aromatic carbocycles. The number of likely N-dealkylation sites (tertiary alicyclic amines) is 1. The summed E-state index contributed by atoms with van der Waals surface area (Å²) in [6, 6.07) is 7.37. The molecule has 170 valence electrons. The van der Waals surface area contributed by atoms with Gasteiger partial charge in [0.1, 0.15) is 18.5 Å². The molecule has 31 heavy (non-hydrogen) atoms. The molecular formula is C22H34N6O3. The molecule has 0 amide bonds. The highest BCUT2D eigenvalue weighted by Crippen LogP contribution is 2.31. The molecule has 0 aliphatic carbocycles. The minimum Gasteiger partial charge on any atom is -0.493 e. The molecule has 2 heterocycles. The Labute approximate surface area is 184 Å². The van der Waals surface area contributed by atoms with Gasteiger partial charge in [0.2, 0.25) is 5.95 Å².